The minimum absolute atomic E-state index is 0.311. The van der Waals surface area contributed by atoms with Crippen LogP contribution in [0.15, 0.2) is 16.7 Å². The highest BCUT2D eigenvalue weighted by atomic mass is 16.6. The van der Waals surface area contributed by atoms with Crippen LogP contribution in [-0.2, 0) is 7.05 Å². The SMILES string of the molecule is COc1nc2c(ccn2C)o1. The van der Waals surface area contributed by atoms with Crippen LogP contribution >= 0.6 is 0 Å². The molecule has 2 heterocycles. The zero-order valence-corrected chi connectivity index (χ0v) is 6.37. The third-order valence-electron chi connectivity index (χ3n) is 1.57. The van der Waals surface area contributed by atoms with E-state index < -0.39 is 0 Å². The van der Waals surface area contributed by atoms with E-state index >= 15 is 0 Å². The molecule has 0 bridgehead atoms. The Hall–Kier alpha value is -1.45. The molecular formula is C7H8N2O2. The van der Waals surface area contributed by atoms with Crippen molar-refractivity contribution < 1.29 is 9.15 Å². The number of fused-ring (bicyclic) bond motifs is 1. The van der Waals surface area contributed by atoms with Gasteiger partial charge < -0.3 is 13.7 Å². The number of ether oxygens (including phenoxy) is 1. The lowest BCUT2D eigenvalue weighted by Crippen LogP contribution is -1.85. The summed E-state index contributed by atoms with van der Waals surface area (Å²) >= 11 is 0. The van der Waals surface area contributed by atoms with Crippen molar-refractivity contribution in [3.8, 4) is 6.08 Å². The molecule has 0 fully saturated rings. The average molecular weight is 152 g/mol. The first-order valence-corrected chi connectivity index (χ1v) is 3.27. The van der Waals surface area contributed by atoms with Crippen molar-refractivity contribution >= 4 is 11.2 Å². The molecule has 0 N–H and O–H groups in total. The van der Waals surface area contributed by atoms with E-state index in [1.54, 1.807) is 0 Å². The van der Waals surface area contributed by atoms with E-state index in [1.165, 1.54) is 7.11 Å². The van der Waals surface area contributed by atoms with Crippen LogP contribution in [-0.4, -0.2) is 16.7 Å². The molecule has 2 rings (SSSR count). The van der Waals surface area contributed by atoms with Gasteiger partial charge in [-0.3, -0.25) is 0 Å². The Morgan fingerprint density at radius 3 is 3.09 bits per heavy atom. The van der Waals surface area contributed by atoms with Crippen molar-refractivity contribution in [1.82, 2.24) is 9.55 Å². The Kier molecular flexibility index (Phi) is 1.15. The maximum atomic E-state index is 5.18. The smallest absolute Gasteiger partial charge is 0.395 e. The number of oxazole rings is 1. The molecule has 0 aliphatic heterocycles. The van der Waals surface area contributed by atoms with Crippen LogP contribution in [0.3, 0.4) is 0 Å². The van der Waals surface area contributed by atoms with Gasteiger partial charge >= 0.3 is 6.08 Å². The van der Waals surface area contributed by atoms with Crippen molar-refractivity contribution in [2.45, 2.75) is 0 Å². The largest absolute Gasteiger partial charge is 0.453 e. The van der Waals surface area contributed by atoms with Crippen LogP contribution in [0, 0.1) is 0 Å². The van der Waals surface area contributed by atoms with Gasteiger partial charge in [-0.2, -0.15) is 4.98 Å². The van der Waals surface area contributed by atoms with Gasteiger partial charge in [0.25, 0.3) is 0 Å². The van der Waals surface area contributed by atoms with Crippen molar-refractivity contribution in [2.24, 2.45) is 7.05 Å². The first kappa shape index (κ1) is 6.27. The normalized spacial score (nSPS) is 10.7. The van der Waals surface area contributed by atoms with Gasteiger partial charge in [0.15, 0.2) is 11.2 Å². The number of nitrogens with zero attached hydrogens (tertiary/aromatic N) is 2. The maximum Gasteiger partial charge on any atom is 0.395 e. The van der Waals surface area contributed by atoms with E-state index in [4.69, 9.17) is 9.15 Å². The van der Waals surface area contributed by atoms with Gasteiger partial charge in [0.2, 0.25) is 0 Å². The third kappa shape index (κ3) is 0.790. The Balaban J connectivity index is 2.70. The van der Waals surface area contributed by atoms with Crippen LogP contribution in [0.5, 0.6) is 6.08 Å². The molecule has 2 aromatic rings. The standard InChI is InChI=1S/C7H8N2O2/c1-9-4-3-5-6(9)8-7(10-2)11-5/h3-4H,1-2H3. The zero-order valence-electron chi connectivity index (χ0n) is 6.37. The molecule has 58 valence electrons. The molecule has 0 atom stereocenters. The number of aromatic nitrogens is 2. The van der Waals surface area contributed by atoms with E-state index in [2.05, 4.69) is 4.98 Å². The van der Waals surface area contributed by atoms with Crippen molar-refractivity contribution in [3.63, 3.8) is 0 Å². The summed E-state index contributed by atoms with van der Waals surface area (Å²) in [5, 5.41) is 0. The number of aryl methyl sites for hydroxylation is 1. The van der Waals surface area contributed by atoms with Gasteiger partial charge in [-0.1, -0.05) is 0 Å². The van der Waals surface area contributed by atoms with Gasteiger partial charge in [-0.15, -0.1) is 0 Å². The molecular weight excluding hydrogens is 144 g/mol. The summed E-state index contributed by atoms with van der Waals surface area (Å²) in [5.74, 6) is 0. The molecule has 0 amide bonds. The van der Waals surface area contributed by atoms with E-state index in [9.17, 15) is 0 Å². The molecule has 0 saturated heterocycles. The van der Waals surface area contributed by atoms with Crippen LogP contribution < -0.4 is 4.74 Å². The molecule has 0 aliphatic rings. The molecule has 0 saturated carbocycles. The fraction of sp³-hybridized carbons (Fsp3) is 0.286. The Morgan fingerprint density at radius 1 is 1.64 bits per heavy atom. The summed E-state index contributed by atoms with van der Waals surface area (Å²) in [4.78, 5) is 4.06. The van der Waals surface area contributed by atoms with E-state index in [0.717, 1.165) is 11.2 Å². The highest BCUT2D eigenvalue weighted by molar-refractivity contribution is 5.69. The Bertz CT molecular complexity index is 375. The second-order valence-corrected chi connectivity index (χ2v) is 2.30. The van der Waals surface area contributed by atoms with E-state index in [-0.39, 0.29) is 0 Å². The van der Waals surface area contributed by atoms with Gasteiger partial charge in [0.05, 0.1) is 7.11 Å². The highest BCUT2D eigenvalue weighted by Crippen LogP contribution is 2.19. The molecule has 0 spiro atoms. The van der Waals surface area contributed by atoms with Crippen LogP contribution in [0.4, 0.5) is 0 Å². The van der Waals surface area contributed by atoms with Gasteiger partial charge in [-0.05, 0) is 0 Å². The number of hydrogen-bond acceptors (Lipinski definition) is 3. The summed E-state index contributed by atoms with van der Waals surface area (Å²) in [6, 6.07) is 1.85. The number of rotatable bonds is 1. The summed E-state index contributed by atoms with van der Waals surface area (Å²) in [6.45, 7) is 0. The Labute approximate surface area is 63.4 Å². The summed E-state index contributed by atoms with van der Waals surface area (Å²) in [6.07, 6.45) is 2.20. The van der Waals surface area contributed by atoms with Gasteiger partial charge in [0, 0.05) is 19.3 Å². The molecule has 0 aromatic carbocycles. The highest BCUT2D eigenvalue weighted by Gasteiger charge is 2.07. The third-order valence-corrected chi connectivity index (χ3v) is 1.57. The molecule has 11 heavy (non-hydrogen) atoms. The van der Waals surface area contributed by atoms with Crippen LogP contribution in [0.25, 0.3) is 11.2 Å². The fourth-order valence-corrected chi connectivity index (χ4v) is 1.00. The van der Waals surface area contributed by atoms with Crippen LogP contribution in [0.1, 0.15) is 0 Å². The lowest BCUT2D eigenvalue weighted by atomic mass is 10.6. The summed E-state index contributed by atoms with van der Waals surface area (Å²) in [5.41, 5.74) is 1.56. The lowest BCUT2D eigenvalue weighted by Gasteiger charge is -1.87. The van der Waals surface area contributed by atoms with E-state index in [0.29, 0.717) is 6.08 Å². The van der Waals surface area contributed by atoms with Gasteiger partial charge in [-0.25, -0.2) is 0 Å². The monoisotopic (exact) mass is 152 g/mol. The van der Waals surface area contributed by atoms with Crippen molar-refractivity contribution in [2.75, 3.05) is 7.11 Å². The molecule has 0 radical (unpaired) electrons. The molecule has 4 nitrogen and oxygen atoms in total. The molecule has 0 unspecified atom stereocenters. The molecule has 0 aliphatic carbocycles. The van der Waals surface area contributed by atoms with Crippen molar-refractivity contribution in [3.05, 3.63) is 12.3 Å². The first-order chi connectivity index (χ1) is 5.31. The minimum Gasteiger partial charge on any atom is -0.453 e. The maximum absolute atomic E-state index is 5.18. The first-order valence-electron chi connectivity index (χ1n) is 3.27. The van der Waals surface area contributed by atoms with Crippen LogP contribution in [0.2, 0.25) is 0 Å². The fourth-order valence-electron chi connectivity index (χ4n) is 1.00. The molecule has 2 aromatic heterocycles. The van der Waals surface area contributed by atoms with E-state index in [1.807, 2.05) is 23.9 Å². The minimum atomic E-state index is 0.311. The predicted octanol–water partition coefficient (Wildman–Crippen LogP) is 1.17. The predicted molar refractivity (Wildman–Crippen MR) is 39.5 cm³/mol. The quantitative estimate of drug-likeness (QED) is 0.615. The average Bonchev–Trinajstić information content (AvgIpc) is 2.53. The molecule has 4 heteroatoms. The zero-order chi connectivity index (χ0) is 7.84. The Morgan fingerprint density at radius 2 is 2.45 bits per heavy atom. The second-order valence-electron chi connectivity index (χ2n) is 2.30. The number of hydrogen-bond donors (Lipinski definition) is 0. The lowest BCUT2D eigenvalue weighted by molar-refractivity contribution is 0.299. The van der Waals surface area contributed by atoms with Gasteiger partial charge in [0.1, 0.15) is 0 Å². The second kappa shape index (κ2) is 2.02. The number of methoxy groups -OCH3 is 1. The van der Waals surface area contributed by atoms with Crippen molar-refractivity contribution in [1.29, 1.82) is 0 Å². The topological polar surface area (TPSA) is 40.2 Å². The summed E-state index contributed by atoms with van der Waals surface area (Å²) in [7, 11) is 3.44. The summed E-state index contributed by atoms with van der Waals surface area (Å²) < 4.78 is 11.9.